The van der Waals surface area contributed by atoms with Gasteiger partial charge in [0.25, 0.3) is 5.56 Å². The number of hydrogen-bond acceptors (Lipinski definition) is 10. The van der Waals surface area contributed by atoms with Crippen LogP contribution in [-0.4, -0.2) is 97.0 Å². The van der Waals surface area contributed by atoms with Gasteiger partial charge in [0, 0.05) is 14.1 Å². The van der Waals surface area contributed by atoms with E-state index in [9.17, 15) is 19.5 Å². The molecule has 0 radical (unpaired) electrons. The number of aryl methyl sites for hydroxylation is 2. The van der Waals surface area contributed by atoms with E-state index < -0.39 is 17.2 Å². The molecule has 3 heterocycles. The Morgan fingerprint density at radius 1 is 1.03 bits per heavy atom. The summed E-state index contributed by atoms with van der Waals surface area (Å²) in [7, 11) is 7.64. The molecule has 2 aromatic heterocycles. The zero-order valence-corrected chi connectivity index (χ0v) is 22.9. The molecule has 39 heavy (non-hydrogen) atoms. The molecule has 0 bridgehead atoms. The van der Waals surface area contributed by atoms with Crippen molar-refractivity contribution in [1.29, 1.82) is 0 Å². The molecule has 0 unspecified atom stereocenters. The first-order valence-corrected chi connectivity index (χ1v) is 12.6. The number of hydrogen-bond donors (Lipinski definition) is 2. The van der Waals surface area contributed by atoms with Gasteiger partial charge in [-0.2, -0.15) is 4.98 Å². The van der Waals surface area contributed by atoms with Crippen LogP contribution in [0.25, 0.3) is 11.2 Å². The quantitative estimate of drug-likeness (QED) is 0.274. The molecule has 14 heteroatoms. The summed E-state index contributed by atoms with van der Waals surface area (Å²) in [5, 5.41) is 9.20. The molecule has 1 saturated heterocycles. The number of fused-ring (bicyclic) bond motifs is 1. The van der Waals surface area contributed by atoms with Gasteiger partial charge in [0.1, 0.15) is 13.2 Å². The second-order valence-corrected chi connectivity index (χ2v) is 9.20. The summed E-state index contributed by atoms with van der Waals surface area (Å²) >= 11 is 0. The molecule has 2 N–H and O–H groups in total. The van der Waals surface area contributed by atoms with Crippen molar-refractivity contribution >= 4 is 23.1 Å². The van der Waals surface area contributed by atoms with Crippen molar-refractivity contribution in [1.82, 2.24) is 18.7 Å². The van der Waals surface area contributed by atoms with Gasteiger partial charge in [0.15, 0.2) is 22.7 Å². The van der Waals surface area contributed by atoms with Crippen LogP contribution in [0.1, 0.15) is 10.4 Å². The maximum Gasteiger partial charge on any atom is 0.338 e. The number of quaternary nitrogens is 1. The van der Waals surface area contributed by atoms with Gasteiger partial charge in [-0.3, -0.25) is 13.9 Å². The van der Waals surface area contributed by atoms with Crippen LogP contribution in [-0.2, 0) is 25.4 Å². The molecule has 1 aromatic carbocycles. The van der Waals surface area contributed by atoms with E-state index in [0.29, 0.717) is 48.5 Å². The highest BCUT2D eigenvalue weighted by Crippen LogP contribution is 2.38. The van der Waals surface area contributed by atoms with Crippen LogP contribution in [0, 0.1) is 0 Å². The van der Waals surface area contributed by atoms with Gasteiger partial charge in [-0.1, -0.05) is 0 Å². The molecule has 0 amide bonds. The molecule has 1 aliphatic heterocycles. The van der Waals surface area contributed by atoms with Crippen molar-refractivity contribution in [3.8, 4) is 17.2 Å². The molecule has 212 valence electrons. The molecule has 0 atom stereocenters. The maximum absolute atomic E-state index is 13.4. The van der Waals surface area contributed by atoms with Crippen LogP contribution in [0.4, 0.5) is 5.95 Å². The average molecular weight is 548 g/mol. The van der Waals surface area contributed by atoms with Crippen molar-refractivity contribution in [3.05, 3.63) is 38.5 Å². The standard InChI is InChI=1S/C25H34N6O8/c1-27-19-21(26-24(27)30-8-6-29(7-9-30)10-12-32)28(2)25(35)31(22(19)33)11-13-39-23(34)16-14-17(36-3)20(38-5)18(15-16)37-4/h14-15,32H,6-13H2,1-5H3/p+1. The third-order valence-corrected chi connectivity index (χ3v) is 7.00. The van der Waals surface area contributed by atoms with E-state index in [-0.39, 0.29) is 30.8 Å². The highest BCUT2D eigenvalue weighted by molar-refractivity contribution is 5.91. The van der Waals surface area contributed by atoms with E-state index in [2.05, 4.69) is 9.88 Å². The van der Waals surface area contributed by atoms with Gasteiger partial charge in [0.05, 0.1) is 66.2 Å². The number of imidazole rings is 1. The number of nitrogens with zero attached hydrogens (tertiary/aromatic N) is 5. The molecular weight excluding hydrogens is 512 g/mol. The maximum atomic E-state index is 13.4. The van der Waals surface area contributed by atoms with E-state index >= 15 is 0 Å². The summed E-state index contributed by atoms with van der Waals surface area (Å²) in [5.41, 5.74) is -0.329. The molecule has 0 spiro atoms. The van der Waals surface area contributed by atoms with Crippen LogP contribution >= 0.6 is 0 Å². The number of rotatable bonds is 10. The summed E-state index contributed by atoms with van der Waals surface area (Å²) in [6.45, 7) is 3.59. The first-order valence-electron chi connectivity index (χ1n) is 12.6. The lowest BCUT2D eigenvalue weighted by atomic mass is 10.2. The monoisotopic (exact) mass is 547 g/mol. The second-order valence-electron chi connectivity index (χ2n) is 9.20. The van der Waals surface area contributed by atoms with Crippen molar-refractivity contribution in [2.75, 3.05) is 72.2 Å². The number of carbonyl (C=O) groups excluding carboxylic acids is 1. The highest BCUT2D eigenvalue weighted by Gasteiger charge is 2.26. The van der Waals surface area contributed by atoms with E-state index in [1.54, 1.807) is 18.7 Å². The number of anilines is 1. The predicted octanol–water partition coefficient (Wildman–Crippen LogP) is -1.99. The van der Waals surface area contributed by atoms with Crippen LogP contribution in [0.3, 0.4) is 0 Å². The number of carbonyl (C=O) groups is 1. The van der Waals surface area contributed by atoms with Crippen LogP contribution in [0.5, 0.6) is 17.2 Å². The molecule has 0 aliphatic carbocycles. The summed E-state index contributed by atoms with van der Waals surface area (Å²) in [6.07, 6.45) is 0. The van der Waals surface area contributed by atoms with Crippen molar-refractivity contribution in [2.45, 2.75) is 6.54 Å². The summed E-state index contributed by atoms with van der Waals surface area (Å²) in [6, 6.07) is 2.92. The Hall–Kier alpha value is -4.04. The van der Waals surface area contributed by atoms with Crippen LogP contribution < -0.4 is 35.3 Å². The normalized spacial score (nSPS) is 14.1. The Balaban J connectivity index is 1.54. The fraction of sp³-hybridized carbons (Fsp3) is 0.520. The Morgan fingerprint density at radius 2 is 1.67 bits per heavy atom. The number of ether oxygens (including phenoxy) is 4. The number of piperazine rings is 1. The lowest BCUT2D eigenvalue weighted by Crippen LogP contribution is -3.15. The van der Waals surface area contributed by atoms with E-state index in [4.69, 9.17) is 18.9 Å². The smallest absolute Gasteiger partial charge is 0.338 e. The molecule has 1 aliphatic rings. The molecule has 3 aromatic rings. The number of esters is 1. The Kier molecular flexibility index (Phi) is 8.45. The fourth-order valence-corrected chi connectivity index (χ4v) is 4.85. The Bertz CT molecular complexity index is 1440. The number of methoxy groups -OCH3 is 3. The minimum Gasteiger partial charge on any atom is -0.493 e. The van der Waals surface area contributed by atoms with Crippen LogP contribution in [0.2, 0.25) is 0 Å². The van der Waals surface area contributed by atoms with Crippen molar-refractivity contribution in [3.63, 3.8) is 0 Å². The van der Waals surface area contributed by atoms with E-state index in [1.165, 1.54) is 42.9 Å². The van der Waals surface area contributed by atoms with Gasteiger partial charge in [0.2, 0.25) is 11.7 Å². The van der Waals surface area contributed by atoms with Crippen LogP contribution in [0.15, 0.2) is 21.7 Å². The summed E-state index contributed by atoms with van der Waals surface area (Å²) in [5.74, 6) is 0.853. The lowest BCUT2D eigenvalue weighted by Gasteiger charge is -2.32. The first-order chi connectivity index (χ1) is 18.7. The van der Waals surface area contributed by atoms with E-state index in [1.807, 2.05) is 0 Å². The third kappa shape index (κ3) is 5.29. The van der Waals surface area contributed by atoms with Gasteiger partial charge < -0.3 is 38.4 Å². The minimum atomic E-state index is -0.675. The topological polar surface area (TPSA) is 144 Å². The number of aliphatic hydroxyl groups excluding tert-OH is 1. The van der Waals surface area contributed by atoms with Gasteiger partial charge >= 0.3 is 11.7 Å². The SMILES string of the molecule is COc1cc(C(=O)OCCn2c(=O)c3c(nc(N4CC[NH+](CCO)CC4)n3C)n(C)c2=O)cc(OC)c1OC. The fourth-order valence-electron chi connectivity index (χ4n) is 4.85. The number of aliphatic hydroxyl groups is 1. The average Bonchev–Trinajstić information content (AvgIpc) is 3.30. The zero-order chi connectivity index (χ0) is 28.3. The van der Waals surface area contributed by atoms with Gasteiger partial charge in [-0.05, 0) is 12.1 Å². The molecule has 4 rings (SSSR count). The predicted molar refractivity (Wildman–Crippen MR) is 141 cm³/mol. The summed E-state index contributed by atoms with van der Waals surface area (Å²) in [4.78, 5) is 47.2. The molecular formula is C25H35N6O8+. The molecule has 1 fully saturated rings. The van der Waals surface area contributed by atoms with Gasteiger partial charge in [-0.15, -0.1) is 0 Å². The minimum absolute atomic E-state index is 0.138. The van der Waals surface area contributed by atoms with Crippen molar-refractivity contribution in [2.24, 2.45) is 14.1 Å². The Morgan fingerprint density at radius 3 is 2.23 bits per heavy atom. The number of aromatic nitrogens is 4. The van der Waals surface area contributed by atoms with Crippen molar-refractivity contribution < 1.29 is 33.7 Å². The Labute approximate surface area is 224 Å². The zero-order valence-electron chi connectivity index (χ0n) is 22.9. The second kappa shape index (κ2) is 11.8. The largest absolute Gasteiger partial charge is 0.493 e. The summed E-state index contributed by atoms with van der Waals surface area (Å²) < 4.78 is 25.3. The third-order valence-electron chi connectivity index (χ3n) is 7.00. The molecule has 14 nitrogen and oxygen atoms in total. The van der Waals surface area contributed by atoms with E-state index in [0.717, 1.165) is 17.7 Å². The highest BCUT2D eigenvalue weighted by atomic mass is 16.5. The molecule has 0 saturated carbocycles. The van der Waals surface area contributed by atoms with Gasteiger partial charge in [-0.25, -0.2) is 9.59 Å². The lowest BCUT2D eigenvalue weighted by molar-refractivity contribution is -0.900. The number of nitrogens with one attached hydrogen (secondary N) is 1. The first kappa shape index (κ1) is 28.0. The number of benzene rings is 1.